The van der Waals surface area contributed by atoms with Crippen LogP contribution in [0.25, 0.3) is 0 Å². The topological polar surface area (TPSA) is 81.4 Å². The minimum atomic E-state index is -0.552. The summed E-state index contributed by atoms with van der Waals surface area (Å²) in [5.74, 6) is 0.171. The van der Waals surface area contributed by atoms with E-state index < -0.39 is 6.04 Å². The van der Waals surface area contributed by atoms with Gasteiger partial charge in [0.05, 0.1) is 24.8 Å². The van der Waals surface area contributed by atoms with E-state index in [2.05, 4.69) is 5.32 Å². The Morgan fingerprint density at radius 1 is 1.56 bits per heavy atom. The number of ketones is 1. The smallest absolute Gasteiger partial charge is 0.234 e. The molecule has 1 heterocycles. The van der Waals surface area contributed by atoms with Crippen molar-refractivity contribution in [3.63, 3.8) is 0 Å². The maximum absolute atomic E-state index is 12.3. The van der Waals surface area contributed by atoms with Gasteiger partial charge in [-0.25, -0.2) is 0 Å². The highest BCUT2D eigenvalue weighted by Crippen LogP contribution is 2.27. The van der Waals surface area contributed by atoms with Crippen molar-refractivity contribution in [1.29, 1.82) is 0 Å². The summed E-state index contributed by atoms with van der Waals surface area (Å²) in [6.45, 7) is 2.18. The maximum Gasteiger partial charge on any atom is 0.234 e. The number of rotatable bonds is 2. The zero-order valence-electron chi connectivity index (χ0n) is 10.2. The van der Waals surface area contributed by atoms with Crippen molar-refractivity contribution in [2.24, 2.45) is 5.73 Å². The molecule has 1 aliphatic heterocycles. The molecule has 1 aromatic carbocycles. The fourth-order valence-electron chi connectivity index (χ4n) is 2.03. The fourth-order valence-corrected chi connectivity index (χ4v) is 2.03. The predicted octanol–water partition coefficient (Wildman–Crippen LogP) is 0.404. The lowest BCUT2D eigenvalue weighted by molar-refractivity contribution is -0.120. The molecule has 1 unspecified atom stereocenters. The van der Waals surface area contributed by atoms with Crippen molar-refractivity contribution >= 4 is 11.7 Å². The minimum Gasteiger partial charge on any atom is -0.492 e. The third-order valence-electron chi connectivity index (χ3n) is 2.97. The summed E-state index contributed by atoms with van der Waals surface area (Å²) >= 11 is 0. The van der Waals surface area contributed by atoms with E-state index in [1.165, 1.54) is 0 Å². The molecule has 0 saturated carbocycles. The molecule has 2 rings (SSSR count). The summed E-state index contributed by atoms with van der Waals surface area (Å²) in [5.41, 5.74) is 6.68. The number of Topliss-reactive ketones (excluding diaryl/α,β-unsaturated/α-hetero) is 1. The van der Waals surface area contributed by atoms with Gasteiger partial charge in [-0.3, -0.25) is 9.59 Å². The van der Waals surface area contributed by atoms with Crippen LogP contribution < -0.4 is 15.8 Å². The number of amides is 1. The van der Waals surface area contributed by atoms with Gasteiger partial charge in [-0.2, -0.15) is 0 Å². The molecular formula is C13H16N2O3. The molecule has 3 N–H and O–H groups in total. The van der Waals surface area contributed by atoms with Crippen LogP contribution in [0.4, 0.5) is 0 Å². The number of nitrogens with one attached hydrogen (secondary N) is 1. The monoisotopic (exact) mass is 248 g/mol. The molecular weight excluding hydrogens is 232 g/mol. The van der Waals surface area contributed by atoms with Gasteiger partial charge < -0.3 is 15.8 Å². The molecule has 0 aliphatic carbocycles. The summed E-state index contributed by atoms with van der Waals surface area (Å²) < 4.78 is 5.59. The van der Waals surface area contributed by atoms with Crippen LogP contribution in [-0.2, 0) is 4.79 Å². The number of ether oxygens (including phenoxy) is 1. The average Bonchev–Trinajstić information content (AvgIpc) is 2.52. The number of carbonyl (C=O) groups is 2. The summed E-state index contributed by atoms with van der Waals surface area (Å²) in [5, 5.41) is 2.63. The summed E-state index contributed by atoms with van der Waals surface area (Å²) in [6, 6.07) is 4.87. The van der Waals surface area contributed by atoms with Gasteiger partial charge in [0.25, 0.3) is 0 Å². The van der Waals surface area contributed by atoms with Crippen molar-refractivity contribution in [1.82, 2.24) is 5.32 Å². The van der Waals surface area contributed by atoms with Crippen LogP contribution >= 0.6 is 0 Å². The SMILES string of the molecule is Cc1cccc2c1OCCC(NC(=O)CN)C2=O. The van der Waals surface area contributed by atoms with E-state index in [1.54, 1.807) is 6.07 Å². The number of carbonyl (C=O) groups excluding carboxylic acids is 2. The second-order valence-electron chi connectivity index (χ2n) is 4.28. The normalized spacial score (nSPS) is 18.6. The van der Waals surface area contributed by atoms with E-state index in [0.717, 1.165) is 5.56 Å². The molecule has 5 nitrogen and oxygen atoms in total. The molecule has 96 valence electrons. The first-order valence-electron chi connectivity index (χ1n) is 5.89. The number of nitrogens with two attached hydrogens (primary N) is 1. The molecule has 1 aliphatic rings. The number of fused-ring (bicyclic) bond motifs is 1. The molecule has 0 fully saturated rings. The molecule has 18 heavy (non-hydrogen) atoms. The van der Waals surface area contributed by atoms with Gasteiger partial charge in [0, 0.05) is 6.42 Å². The lowest BCUT2D eigenvalue weighted by atomic mass is 10.0. The number of para-hydroxylation sites is 1. The number of hydrogen-bond donors (Lipinski definition) is 2. The molecule has 0 aromatic heterocycles. The first-order chi connectivity index (χ1) is 8.63. The number of benzene rings is 1. The van der Waals surface area contributed by atoms with Crippen molar-refractivity contribution < 1.29 is 14.3 Å². The second kappa shape index (κ2) is 5.18. The Morgan fingerprint density at radius 2 is 2.33 bits per heavy atom. The zero-order valence-corrected chi connectivity index (χ0v) is 10.2. The Bertz CT molecular complexity index is 485. The lowest BCUT2D eigenvalue weighted by Crippen LogP contribution is -2.43. The van der Waals surface area contributed by atoms with Crippen molar-refractivity contribution in [2.75, 3.05) is 13.2 Å². The van der Waals surface area contributed by atoms with Crippen LogP contribution in [-0.4, -0.2) is 30.9 Å². The first-order valence-corrected chi connectivity index (χ1v) is 5.89. The molecule has 0 bridgehead atoms. The summed E-state index contributed by atoms with van der Waals surface area (Å²) in [4.78, 5) is 23.6. The molecule has 0 radical (unpaired) electrons. The van der Waals surface area contributed by atoms with Crippen LogP contribution in [0.5, 0.6) is 5.75 Å². The largest absolute Gasteiger partial charge is 0.492 e. The van der Waals surface area contributed by atoms with Crippen LogP contribution in [0.1, 0.15) is 22.3 Å². The third-order valence-corrected chi connectivity index (χ3v) is 2.97. The maximum atomic E-state index is 12.3. The van der Waals surface area contributed by atoms with Crippen LogP contribution in [0.15, 0.2) is 18.2 Å². The van der Waals surface area contributed by atoms with Gasteiger partial charge in [-0.05, 0) is 18.6 Å². The molecule has 0 saturated heterocycles. The van der Waals surface area contributed by atoms with Crippen LogP contribution in [0.2, 0.25) is 0 Å². The van der Waals surface area contributed by atoms with E-state index in [9.17, 15) is 9.59 Å². The summed E-state index contributed by atoms with van der Waals surface area (Å²) in [6.07, 6.45) is 0.457. The Kier molecular flexibility index (Phi) is 3.62. The summed E-state index contributed by atoms with van der Waals surface area (Å²) in [7, 11) is 0. The molecule has 0 spiro atoms. The van der Waals surface area contributed by atoms with Gasteiger partial charge in [-0.1, -0.05) is 12.1 Å². The number of hydrogen-bond acceptors (Lipinski definition) is 4. The van der Waals surface area contributed by atoms with Gasteiger partial charge in [-0.15, -0.1) is 0 Å². The highest BCUT2D eigenvalue weighted by Gasteiger charge is 2.28. The Morgan fingerprint density at radius 3 is 3.06 bits per heavy atom. The molecule has 1 aromatic rings. The third kappa shape index (κ3) is 2.36. The van der Waals surface area contributed by atoms with Crippen LogP contribution in [0, 0.1) is 6.92 Å². The van der Waals surface area contributed by atoms with Gasteiger partial charge in [0.15, 0.2) is 5.78 Å². The quantitative estimate of drug-likeness (QED) is 0.794. The van der Waals surface area contributed by atoms with Crippen LogP contribution in [0.3, 0.4) is 0 Å². The number of aryl methyl sites for hydroxylation is 1. The Balaban J connectivity index is 2.29. The zero-order chi connectivity index (χ0) is 13.1. The van der Waals surface area contributed by atoms with E-state index in [4.69, 9.17) is 10.5 Å². The first kappa shape index (κ1) is 12.6. The van der Waals surface area contributed by atoms with Gasteiger partial charge in [0.1, 0.15) is 5.75 Å². The highest BCUT2D eigenvalue weighted by molar-refractivity contribution is 6.04. The molecule has 1 amide bonds. The van der Waals surface area contributed by atoms with Crippen molar-refractivity contribution in [3.05, 3.63) is 29.3 Å². The lowest BCUT2D eigenvalue weighted by Gasteiger charge is -2.14. The molecule has 5 heteroatoms. The van der Waals surface area contributed by atoms with Gasteiger partial charge >= 0.3 is 0 Å². The Labute approximate surface area is 105 Å². The average molecular weight is 248 g/mol. The molecule has 1 atom stereocenters. The predicted molar refractivity (Wildman–Crippen MR) is 66.6 cm³/mol. The van der Waals surface area contributed by atoms with E-state index in [-0.39, 0.29) is 18.2 Å². The minimum absolute atomic E-state index is 0.118. The fraction of sp³-hybridized carbons (Fsp3) is 0.385. The van der Waals surface area contributed by atoms with Gasteiger partial charge in [0.2, 0.25) is 5.91 Å². The van der Waals surface area contributed by atoms with E-state index in [1.807, 2.05) is 19.1 Å². The Hall–Kier alpha value is -1.88. The van der Waals surface area contributed by atoms with E-state index in [0.29, 0.717) is 24.3 Å². The van der Waals surface area contributed by atoms with Crippen molar-refractivity contribution in [3.8, 4) is 5.75 Å². The second-order valence-corrected chi connectivity index (χ2v) is 4.28. The standard InChI is InChI=1S/C13H16N2O3/c1-8-3-2-4-9-12(17)10(15-11(16)7-14)5-6-18-13(8)9/h2-4,10H,5-7,14H2,1H3,(H,15,16). The van der Waals surface area contributed by atoms with E-state index >= 15 is 0 Å². The highest BCUT2D eigenvalue weighted by atomic mass is 16.5. The van der Waals surface area contributed by atoms with Crippen molar-refractivity contribution in [2.45, 2.75) is 19.4 Å².